The summed E-state index contributed by atoms with van der Waals surface area (Å²) in [5.74, 6) is 0. The topological polar surface area (TPSA) is 21.7 Å². The maximum atomic E-state index is 5.74. The van der Waals surface area contributed by atoms with E-state index in [0.717, 1.165) is 32.5 Å². The summed E-state index contributed by atoms with van der Waals surface area (Å²) in [6.45, 7) is 1.65. The van der Waals surface area contributed by atoms with Crippen molar-refractivity contribution in [1.29, 1.82) is 0 Å². The maximum absolute atomic E-state index is 5.74. The van der Waals surface area contributed by atoms with E-state index in [1.807, 2.05) is 0 Å². The SMILES string of the molecule is CN(C)c1ccc(CCCOC2CCCCO2)cc1. The van der Waals surface area contributed by atoms with Gasteiger partial charge in [-0.15, -0.1) is 0 Å². The molecule has 1 saturated heterocycles. The van der Waals surface area contributed by atoms with Gasteiger partial charge in [0.15, 0.2) is 6.29 Å². The molecule has 0 bridgehead atoms. The Bertz CT molecular complexity index is 356. The Morgan fingerprint density at radius 2 is 2.00 bits per heavy atom. The van der Waals surface area contributed by atoms with Crippen molar-refractivity contribution in [3.63, 3.8) is 0 Å². The number of rotatable bonds is 6. The third-order valence-corrected chi connectivity index (χ3v) is 3.50. The van der Waals surface area contributed by atoms with E-state index in [1.165, 1.54) is 24.1 Å². The molecule has 0 aromatic heterocycles. The Labute approximate surface area is 116 Å². The van der Waals surface area contributed by atoms with E-state index in [0.29, 0.717) is 0 Å². The zero-order chi connectivity index (χ0) is 13.5. The summed E-state index contributed by atoms with van der Waals surface area (Å²) in [6, 6.07) is 8.74. The Kier molecular flexibility index (Phi) is 5.67. The Morgan fingerprint density at radius 1 is 1.21 bits per heavy atom. The van der Waals surface area contributed by atoms with Gasteiger partial charge in [-0.05, 0) is 49.8 Å². The standard InChI is InChI=1S/C16H25NO2/c1-17(2)15-10-8-14(9-11-15)6-5-13-19-16-7-3-4-12-18-16/h8-11,16H,3-7,12-13H2,1-2H3. The van der Waals surface area contributed by atoms with E-state index in [9.17, 15) is 0 Å². The number of hydrogen-bond donors (Lipinski definition) is 0. The molecule has 19 heavy (non-hydrogen) atoms. The van der Waals surface area contributed by atoms with Gasteiger partial charge in [0.25, 0.3) is 0 Å². The van der Waals surface area contributed by atoms with E-state index < -0.39 is 0 Å². The molecule has 1 unspecified atom stereocenters. The number of anilines is 1. The third kappa shape index (κ3) is 4.84. The van der Waals surface area contributed by atoms with Crippen LogP contribution in [0, 0.1) is 0 Å². The number of nitrogens with zero attached hydrogens (tertiary/aromatic N) is 1. The summed E-state index contributed by atoms with van der Waals surface area (Å²) in [5, 5.41) is 0. The summed E-state index contributed by atoms with van der Waals surface area (Å²) in [7, 11) is 4.13. The number of benzene rings is 1. The van der Waals surface area contributed by atoms with Crippen LogP contribution in [0.5, 0.6) is 0 Å². The molecule has 2 rings (SSSR count). The van der Waals surface area contributed by atoms with Crippen LogP contribution in [-0.4, -0.2) is 33.6 Å². The molecule has 1 aromatic carbocycles. The highest BCUT2D eigenvalue weighted by Crippen LogP contribution is 2.15. The van der Waals surface area contributed by atoms with Crippen LogP contribution in [0.1, 0.15) is 31.2 Å². The van der Waals surface area contributed by atoms with E-state index >= 15 is 0 Å². The first-order valence-corrected chi connectivity index (χ1v) is 7.25. The minimum absolute atomic E-state index is 0.0462. The van der Waals surface area contributed by atoms with Crippen molar-refractivity contribution in [2.75, 3.05) is 32.2 Å². The lowest BCUT2D eigenvalue weighted by atomic mass is 10.1. The van der Waals surface area contributed by atoms with Crippen LogP contribution in [0.25, 0.3) is 0 Å². The molecule has 3 heteroatoms. The lowest BCUT2D eigenvalue weighted by Crippen LogP contribution is -2.22. The fourth-order valence-electron chi connectivity index (χ4n) is 2.29. The van der Waals surface area contributed by atoms with Crippen LogP contribution in [0.4, 0.5) is 5.69 Å². The van der Waals surface area contributed by atoms with Crippen LogP contribution in [0.2, 0.25) is 0 Å². The zero-order valence-corrected chi connectivity index (χ0v) is 12.1. The van der Waals surface area contributed by atoms with Crippen LogP contribution < -0.4 is 4.90 Å². The van der Waals surface area contributed by atoms with Crippen molar-refractivity contribution in [2.45, 2.75) is 38.4 Å². The number of ether oxygens (including phenoxy) is 2. The minimum Gasteiger partial charge on any atom is -0.378 e. The fourth-order valence-corrected chi connectivity index (χ4v) is 2.29. The maximum Gasteiger partial charge on any atom is 0.157 e. The van der Waals surface area contributed by atoms with Gasteiger partial charge in [-0.3, -0.25) is 0 Å². The van der Waals surface area contributed by atoms with Gasteiger partial charge >= 0.3 is 0 Å². The summed E-state index contributed by atoms with van der Waals surface area (Å²) in [4.78, 5) is 2.12. The molecule has 1 aromatic rings. The van der Waals surface area contributed by atoms with Gasteiger partial charge in [0.2, 0.25) is 0 Å². The van der Waals surface area contributed by atoms with E-state index in [2.05, 4.69) is 43.3 Å². The molecule has 0 amide bonds. The Morgan fingerprint density at radius 3 is 2.63 bits per heavy atom. The highest BCUT2D eigenvalue weighted by molar-refractivity contribution is 5.45. The molecule has 1 fully saturated rings. The second kappa shape index (κ2) is 7.51. The lowest BCUT2D eigenvalue weighted by Gasteiger charge is -2.22. The summed E-state index contributed by atoms with van der Waals surface area (Å²) < 4.78 is 11.3. The molecule has 0 radical (unpaired) electrons. The van der Waals surface area contributed by atoms with Gasteiger partial charge in [0, 0.05) is 26.4 Å². The molecular formula is C16H25NO2. The number of aryl methyl sites for hydroxylation is 1. The summed E-state index contributed by atoms with van der Waals surface area (Å²) in [5.41, 5.74) is 2.62. The third-order valence-electron chi connectivity index (χ3n) is 3.50. The van der Waals surface area contributed by atoms with E-state index in [1.54, 1.807) is 0 Å². The second-order valence-electron chi connectivity index (χ2n) is 5.33. The Hall–Kier alpha value is -1.06. The van der Waals surface area contributed by atoms with Gasteiger partial charge in [0.05, 0.1) is 6.61 Å². The van der Waals surface area contributed by atoms with Crippen LogP contribution >= 0.6 is 0 Å². The molecular weight excluding hydrogens is 238 g/mol. The zero-order valence-electron chi connectivity index (χ0n) is 12.1. The minimum atomic E-state index is 0.0462. The molecule has 0 aliphatic carbocycles. The van der Waals surface area contributed by atoms with Gasteiger partial charge in [-0.2, -0.15) is 0 Å². The van der Waals surface area contributed by atoms with Gasteiger partial charge in [-0.25, -0.2) is 0 Å². The molecule has 0 N–H and O–H groups in total. The van der Waals surface area contributed by atoms with E-state index in [-0.39, 0.29) is 6.29 Å². The fraction of sp³-hybridized carbons (Fsp3) is 0.625. The quantitative estimate of drug-likeness (QED) is 0.736. The number of hydrogen-bond acceptors (Lipinski definition) is 3. The lowest BCUT2D eigenvalue weighted by molar-refractivity contribution is -0.162. The average molecular weight is 263 g/mol. The normalized spacial score (nSPS) is 19.4. The highest BCUT2D eigenvalue weighted by atomic mass is 16.7. The largest absolute Gasteiger partial charge is 0.378 e. The second-order valence-corrected chi connectivity index (χ2v) is 5.33. The monoisotopic (exact) mass is 263 g/mol. The van der Waals surface area contributed by atoms with Gasteiger partial charge in [-0.1, -0.05) is 12.1 Å². The average Bonchev–Trinajstić information content (AvgIpc) is 2.45. The molecule has 0 spiro atoms. The van der Waals surface area contributed by atoms with Crippen molar-refractivity contribution in [1.82, 2.24) is 0 Å². The molecule has 106 valence electrons. The first-order chi connectivity index (χ1) is 9.25. The van der Waals surface area contributed by atoms with Crippen molar-refractivity contribution in [2.24, 2.45) is 0 Å². The molecule has 1 aliphatic rings. The van der Waals surface area contributed by atoms with Crippen molar-refractivity contribution >= 4 is 5.69 Å². The first kappa shape index (κ1) is 14.4. The summed E-state index contributed by atoms with van der Waals surface area (Å²) >= 11 is 0. The van der Waals surface area contributed by atoms with Gasteiger partial charge in [0.1, 0.15) is 0 Å². The van der Waals surface area contributed by atoms with Crippen molar-refractivity contribution < 1.29 is 9.47 Å². The van der Waals surface area contributed by atoms with Crippen molar-refractivity contribution in [3.05, 3.63) is 29.8 Å². The first-order valence-electron chi connectivity index (χ1n) is 7.25. The Balaban J connectivity index is 1.64. The van der Waals surface area contributed by atoms with Crippen LogP contribution in [-0.2, 0) is 15.9 Å². The molecule has 1 heterocycles. The van der Waals surface area contributed by atoms with E-state index in [4.69, 9.17) is 9.47 Å². The van der Waals surface area contributed by atoms with Gasteiger partial charge < -0.3 is 14.4 Å². The van der Waals surface area contributed by atoms with Crippen molar-refractivity contribution in [3.8, 4) is 0 Å². The molecule has 1 aliphatic heterocycles. The predicted octanol–water partition coefficient (Wildman–Crippen LogP) is 3.23. The van der Waals surface area contributed by atoms with Crippen LogP contribution in [0.15, 0.2) is 24.3 Å². The predicted molar refractivity (Wildman–Crippen MR) is 78.6 cm³/mol. The highest BCUT2D eigenvalue weighted by Gasteiger charge is 2.13. The molecule has 3 nitrogen and oxygen atoms in total. The smallest absolute Gasteiger partial charge is 0.157 e. The summed E-state index contributed by atoms with van der Waals surface area (Å²) in [6.07, 6.45) is 5.64. The van der Waals surface area contributed by atoms with Crippen LogP contribution in [0.3, 0.4) is 0 Å². The molecule has 0 saturated carbocycles. The molecule has 1 atom stereocenters.